The van der Waals surface area contributed by atoms with E-state index in [9.17, 15) is 9.90 Å². The van der Waals surface area contributed by atoms with Crippen molar-refractivity contribution in [1.29, 1.82) is 0 Å². The van der Waals surface area contributed by atoms with Gasteiger partial charge in [-0.2, -0.15) is 11.3 Å². The quantitative estimate of drug-likeness (QED) is 0.704. The van der Waals surface area contributed by atoms with Crippen molar-refractivity contribution in [2.75, 3.05) is 20.3 Å². The fourth-order valence-corrected chi connectivity index (χ4v) is 2.18. The molecular formula is C12H20N2O3S. The molecule has 1 rings (SSSR count). The van der Waals surface area contributed by atoms with E-state index in [1.807, 2.05) is 23.8 Å². The van der Waals surface area contributed by atoms with E-state index in [2.05, 4.69) is 10.6 Å². The highest BCUT2D eigenvalue weighted by molar-refractivity contribution is 7.07. The number of thiophene rings is 1. The molecule has 2 unspecified atom stereocenters. The number of ether oxygens (including phenoxy) is 1. The van der Waals surface area contributed by atoms with Crippen LogP contribution in [0.3, 0.4) is 0 Å². The number of carbonyl (C=O) groups is 1. The number of methoxy groups -OCH3 is 1. The minimum Gasteiger partial charge on any atom is -0.387 e. The Morgan fingerprint density at radius 2 is 2.39 bits per heavy atom. The zero-order valence-corrected chi connectivity index (χ0v) is 11.5. The maximum atomic E-state index is 11.6. The lowest BCUT2D eigenvalue weighted by Crippen LogP contribution is -2.44. The first-order valence-electron chi connectivity index (χ1n) is 5.90. The van der Waals surface area contributed by atoms with Gasteiger partial charge in [-0.15, -0.1) is 0 Å². The fraction of sp³-hybridized carbons (Fsp3) is 0.583. The molecule has 18 heavy (non-hydrogen) atoms. The second-order valence-corrected chi connectivity index (χ2v) is 4.77. The maximum absolute atomic E-state index is 11.6. The lowest BCUT2D eigenvalue weighted by Gasteiger charge is -2.17. The normalized spacial score (nSPS) is 13.9. The number of carbonyl (C=O) groups excluding carboxylic acids is 1. The number of amides is 2. The van der Waals surface area contributed by atoms with E-state index < -0.39 is 6.10 Å². The molecule has 2 atom stereocenters. The molecule has 6 heteroatoms. The average Bonchev–Trinajstić information content (AvgIpc) is 2.89. The number of nitrogens with one attached hydrogen (secondary N) is 2. The van der Waals surface area contributed by atoms with E-state index in [1.165, 1.54) is 11.3 Å². The third kappa shape index (κ3) is 5.03. The van der Waals surface area contributed by atoms with Crippen molar-refractivity contribution < 1.29 is 14.6 Å². The largest absolute Gasteiger partial charge is 0.387 e. The van der Waals surface area contributed by atoms with Gasteiger partial charge in [0.1, 0.15) is 0 Å². The summed E-state index contributed by atoms with van der Waals surface area (Å²) in [7, 11) is 1.60. The molecule has 1 heterocycles. The van der Waals surface area contributed by atoms with Crippen LogP contribution in [0.4, 0.5) is 4.79 Å². The van der Waals surface area contributed by atoms with Gasteiger partial charge in [-0.25, -0.2) is 4.79 Å². The molecule has 0 radical (unpaired) electrons. The van der Waals surface area contributed by atoms with Crippen molar-refractivity contribution in [2.24, 2.45) is 0 Å². The highest BCUT2D eigenvalue weighted by Crippen LogP contribution is 2.14. The number of hydrogen-bond acceptors (Lipinski definition) is 4. The van der Waals surface area contributed by atoms with Crippen LogP contribution in [-0.2, 0) is 4.74 Å². The average molecular weight is 272 g/mol. The van der Waals surface area contributed by atoms with E-state index in [1.54, 1.807) is 7.11 Å². The summed E-state index contributed by atoms with van der Waals surface area (Å²) in [5.74, 6) is 0. The molecule has 5 nitrogen and oxygen atoms in total. The molecule has 0 fully saturated rings. The van der Waals surface area contributed by atoms with Gasteiger partial charge >= 0.3 is 6.03 Å². The van der Waals surface area contributed by atoms with Gasteiger partial charge in [-0.05, 0) is 28.8 Å². The Balaban J connectivity index is 2.28. The van der Waals surface area contributed by atoms with Crippen LogP contribution in [0.15, 0.2) is 16.8 Å². The lowest BCUT2D eigenvalue weighted by atomic mass is 10.2. The van der Waals surface area contributed by atoms with E-state index in [0.29, 0.717) is 6.61 Å². The van der Waals surface area contributed by atoms with Crippen LogP contribution in [0.2, 0.25) is 0 Å². The number of aliphatic hydroxyl groups excluding tert-OH is 1. The van der Waals surface area contributed by atoms with Crippen LogP contribution in [-0.4, -0.2) is 37.4 Å². The van der Waals surface area contributed by atoms with E-state index in [0.717, 1.165) is 12.0 Å². The molecule has 0 aliphatic heterocycles. The Morgan fingerprint density at radius 1 is 1.61 bits per heavy atom. The molecule has 2 amide bonds. The molecule has 0 spiro atoms. The van der Waals surface area contributed by atoms with Crippen LogP contribution < -0.4 is 10.6 Å². The number of hydrogen-bond donors (Lipinski definition) is 3. The van der Waals surface area contributed by atoms with Gasteiger partial charge in [-0.3, -0.25) is 0 Å². The fourth-order valence-electron chi connectivity index (χ4n) is 1.47. The first-order chi connectivity index (χ1) is 8.67. The van der Waals surface area contributed by atoms with Crippen molar-refractivity contribution in [1.82, 2.24) is 10.6 Å². The Hall–Kier alpha value is -1.11. The molecule has 0 bridgehead atoms. The van der Waals surface area contributed by atoms with E-state index in [4.69, 9.17) is 4.74 Å². The molecule has 0 aromatic carbocycles. The summed E-state index contributed by atoms with van der Waals surface area (Å²) in [6.45, 7) is 2.66. The Labute approximate surface area is 111 Å². The topological polar surface area (TPSA) is 70.6 Å². The molecule has 1 aromatic heterocycles. The number of aliphatic hydroxyl groups is 1. The van der Waals surface area contributed by atoms with Crippen LogP contribution in [0.5, 0.6) is 0 Å². The maximum Gasteiger partial charge on any atom is 0.315 e. The van der Waals surface area contributed by atoms with Crippen LogP contribution in [0.1, 0.15) is 25.0 Å². The van der Waals surface area contributed by atoms with Crippen LogP contribution in [0, 0.1) is 0 Å². The summed E-state index contributed by atoms with van der Waals surface area (Å²) in [5, 5.41) is 19.0. The summed E-state index contributed by atoms with van der Waals surface area (Å²) in [6, 6.07) is 1.55. The molecule has 102 valence electrons. The molecular weight excluding hydrogens is 252 g/mol. The summed E-state index contributed by atoms with van der Waals surface area (Å²) < 4.78 is 4.99. The zero-order valence-electron chi connectivity index (χ0n) is 10.7. The Kier molecular flexibility index (Phi) is 6.70. The standard InChI is InChI=1S/C12H20N2O3S/c1-3-10(7-17-2)14-12(16)13-6-11(15)9-4-5-18-8-9/h4-5,8,10-11,15H,3,6-7H2,1-2H3,(H2,13,14,16). The van der Waals surface area contributed by atoms with Crippen molar-refractivity contribution >= 4 is 17.4 Å². The minimum absolute atomic E-state index is 0.00621. The monoisotopic (exact) mass is 272 g/mol. The van der Waals surface area contributed by atoms with Crippen molar-refractivity contribution in [3.05, 3.63) is 22.4 Å². The third-order valence-electron chi connectivity index (χ3n) is 2.58. The van der Waals surface area contributed by atoms with Gasteiger partial charge in [0.2, 0.25) is 0 Å². The summed E-state index contributed by atoms with van der Waals surface area (Å²) in [4.78, 5) is 11.6. The minimum atomic E-state index is -0.662. The van der Waals surface area contributed by atoms with Gasteiger partial charge in [0.05, 0.1) is 18.8 Å². The molecule has 0 aliphatic carbocycles. The van der Waals surface area contributed by atoms with Gasteiger partial charge in [0.25, 0.3) is 0 Å². The van der Waals surface area contributed by atoms with Crippen molar-refractivity contribution in [2.45, 2.75) is 25.5 Å². The highest BCUT2D eigenvalue weighted by Gasteiger charge is 2.12. The predicted octanol–water partition coefficient (Wildman–Crippen LogP) is 1.51. The second-order valence-electron chi connectivity index (χ2n) is 3.99. The number of rotatable bonds is 7. The third-order valence-corrected chi connectivity index (χ3v) is 3.28. The van der Waals surface area contributed by atoms with Crippen LogP contribution >= 0.6 is 11.3 Å². The van der Waals surface area contributed by atoms with Gasteiger partial charge in [0, 0.05) is 13.7 Å². The van der Waals surface area contributed by atoms with Crippen molar-refractivity contribution in [3.8, 4) is 0 Å². The first-order valence-corrected chi connectivity index (χ1v) is 6.85. The second kappa shape index (κ2) is 8.07. The Bertz CT molecular complexity index is 343. The van der Waals surface area contributed by atoms with Gasteiger partial charge in [-0.1, -0.05) is 6.92 Å². The lowest BCUT2D eigenvalue weighted by molar-refractivity contribution is 0.157. The molecule has 3 N–H and O–H groups in total. The van der Waals surface area contributed by atoms with E-state index in [-0.39, 0.29) is 18.6 Å². The first kappa shape index (κ1) is 14.9. The smallest absolute Gasteiger partial charge is 0.315 e. The summed E-state index contributed by atoms with van der Waals surface area (Å²) in [6.07, 6.45) is 0.137. The SMILES string of the molecule is CCC(COC)NC(=O)NCC(O)c1ccsc1. The zero-order chi connectivity index (χ0) is 13.4. The molecule has 0 saturated heterocycles. The molecule has 1 aromatic rings. The molecule has 0 aliphatic rings. The molecule has 0 saturated carbocycles. The predicted molar refractivity (Wildman–Crippen MR) is 71.8 cm³/mol. The number of urea groups is 1. The van der Waals surface area contributed by atoms with E-state index >= 15 is 0 Å². The van der Waals surface area contributed by atoms with Crippen LogP contribution in [0.25, 0.3) is 0 Å². The van der Waals surface area contributed by atoms with Crippen molar-refractivity contribution in [3.63, 3.8) is 0 Å². The van der Waals surface area contributed by atoms with Gasteiger partial charge in [0.15, 0.2) is 0 Å². The summed E-state index contributed by atoms with van der Waals surface area (Å²) >= 11 is 1.52. The van der Waals surface area contributed by atoms with Gasteiger partial charge < -0.3 is 20.5 Å². The Morgan fingerprint density at radius 3 is 2.94 bits per heavy atom. The highest BCUT2D eigenvalue weighted by atomic mass is 32.1. The summed E-state index contributed by atoms with van der Waals surface area (Å²) in [5.41, 5.74) is 0.823.